The number of hydrogen-bond acceptors (Lipinski definition) is 9. The van der Waals surface area contributed by atoms with Crippen LogP contribution in [0, 0.1) is 25.7 Å². The number of fused-ring (bicyclic) bond motifs is 6. The van der Waals surface area contributed by atoms with E-state index in [1.165, 1.54) is 25.7 Å². The number of alkyl carbamates (subject to hydrolysis) is 1. The van der Waals surface area contributed by atoms with Crippen LogP contribution in [0.1, 0.15) is 70.7 Å². The highest BCUT2D eigenvalue weighted by Gasteiger charge is 2.28. The fraction of sp³-hybridized carbons (Fsp3) is 0.444. The largest absolute Gasteiger partial charge is 0.492 e. The van der Waals surface area contributed by atoms with Crippen LogP contribution < -0.4 is 31.6 Å². The first-order valence-corrected chi connectivity index (χ1v) is 19.9. The molecule has 12 nitrogen and oxygen atoms in total. The van der Waals surface area contributed by atoms with Crippen molar-refractivity contribution in [3.05, 3.63) is 93.0 Å². The topological polar surface area (TPSA) is 153 Å². The number of amides is 1. The van der Waals surface area contributed by atoms with Crippen molar-refractivity contribution in [2.75, 3.05) is 13.2 Å². The third-order valence-corrected chi connectivity index (χ3v) is 10.8. The molecule has 300 valence electrons. The molecule has 2 aliphatic carbocycles. The van der Waals surface area contributed by atoms with E-state index in [-0.39, 0.29) is 23.2 Å². The Bertz CT molecular complexity index is 2580. The molecule has 0 unspecified atom stereocenters. The molecule has 4 heterocycles. The number of aryl methyl sites for hydroxylation is 4. The van der Waals surface area contributed by atoms with Gasteiger partial charge in [0.2, 0.25) is 0 Å². The van der Waals surface area contributed by atoms with E-state index in [2.05, 4.69) is 15.3 Å². The standard InChI is InChI=1S/C25H31N3O4.C20H23N3O2/c1-15-22-20(10-11-26-15)19-9-8-18(13-21(19)28(5)23(22)29)31-14-17(12-16-6-7-16)27-24(30)32-25(2,3)4;1-12-19-17(7-8-22-12)16-6-5-15(10-18(16)23(2)20(19)24)25-11-14(21)9-13-3-4-13/h8-11,13,16-17H,6-7,12,14H2,1-5H3,(H,27,30);5-8,10,13-14H,3-4,9,11,21H2,1-2H3/t17-;14-/m00/s1. The lowest BCUT2D eigenvalue weighted by atomic mass is 10.1. The molecule has 2 aromatic carbocycles. The maximum absolute atomic E-state index is 12.9. The molecule has 6 aromatic rings. The molecule has 4 aromatic heterocycles. The maximum Gasteiger partial charge on any atom is 0.407 e. The zero-order chi connectivity index (χ0) is 40.6. The third-order valence-electron chi connectivity index (χ3n) is 10.8. The molecule has 8 rings (SSSR count). The number of aromatic nitrogens is 4. The summed E-state index contributed by atoms with van der Waals surface area (Å²) in [4.78, 5) is 46.4. The normalized spacial score (nSPS) is 15.3. The quantitative estimate of drug-likeness (QED) is 0.129. The van der Waals surface area contributed by atoms with E-state index in [1.54, 1.807) is 35.6 Å². The number of nitrogens with two attached hydrogens (primary N) is 1. The predicted octanol–water partition coefficient (Wildman–Crippen LogP) is 7.37. The first-order valence-electron chi connectivity index (χ1n) is 19.9. The summed E-state index contributed by atoms with van der Waals surface area (Å²) in [6.07, 6.45) is 9.91. The number of nitrogens with zero attached hydrogens (tertiary/aromatic N) is 4. The van der Waals surface area contributed by atoms with Gasteiger partial charge in [0.1, 0.15) is 30.3 Å². The van der Waals surface area contributed by atoms with Gasteiger partial charge in [-0.2, -0.15) is 0 Å². The highest BCUT2D eigenvalue weighted by molar-refractivity contribution is 6.07. The number of pyridine rings is 4. The summed E-state index contributed by atoms with van der Waals surface area (Å²) < 4.78 is 20.7. The van der Waals surface area contributed by atoms with Crippen LogP contribution >= 0.6 is 0 Å². The van der Waals surface area contributed by atoms with Gasteiger partial charge in [0.05, 0.1) is 39.2 Å². The molecule has 12 heteroatoms. The molecule has 0 spiro atoms. The molecule has 0 saturated heterocycles. The molecule has 0 bridgehead atoms. The van der Waals surface area contributed by atoms with Crippen molar-refractivity contribution in [2.24, 2.45) is 31.7 Å². The summed E-state index contributed by atoms with van der Waals surface area (Å²) >= 11 is 0. The van der Waals surface area contributed by atoms with E-state index in [9.17, 15) is 14.4 Å². The van der Waals surface area contributed by atoms with Gasteiger partial charge in [-0.15, -0.1) is 0 Å². The van der Waals surface area contributed by atoms with E-state index >= 15 is 0 Å². The summed E-state index contributed by atoms with van der Waals surface area (Å²) in [6.45, 7) is 10.1. The van der Waals surface area contributed by atoms with Gasteiger partial charge in [-0.1, -0.05) is 25.7 Å². The van der Waals surface area contributed by atoms with E-state index in [0.29, 0.717) is 35.7 Å². The second kappa shape index (κ2) is 16.2. The van der Waals surface area contributed by atoms with Crippen LogP contribution in [0.3, 0.4) is 0 Å². The monoisotopic (exact) mass is 774 g/mol. The molecule has 1 amide bonds. The van der Waals surface area contributed by atoms with Crippen molar-refractivity contribution in [1.29, 1.82) is 0 Å². The van der Waals surface area contributed by atoms with Crippen molar-refractivity contribution >= 4 is 49.4 Å². The Hall–Kier alpha value is -5.49. The second-order valence-electron chi connectivity index (χ2n) is 16.8. The van der Waals surface area contributed by atoms with Gasteiger partial charge in [0, 0.05) is 55.4 Å². The Kier molecular flexibility index (Phi) is 11.3. The highest BCUT2D eigenvalue weighted by Crippen LogP contribution is 2.35. The molecule has 2 atom stereocenters. The minimum Gasteiger partial charge on any atom is -0.492 e. The van der Waals surface area contributed by atoms with Crippen LogP contribution in [0.2, 0.25) is 0 Å². The van der Waals surface area contributed by atoms with Crippen molar-refractivity contribution in [3.8, 4) is 11.5 Å². The Balaban J connectivity index is 0.000000179. The summed E-state index contributed by atoms with van der Waals surface area (Å²) in [5, 5.41) is 8.10. The van der Waals surface area contributed by atoms with E-state index in [4.69, 9.17) is 19.9 Å². The van der Waals surface area contributed by atoms with E-state index < -0.39 is 11.7 Å². The lowest BCUT2D eigenvalue weighted by molar-refractivity contribution is 0.0482. The van der Waals surface area contributed by atoms with Crippen LogP contribution in [0.4, 0.5) is 4.79 Å². The average molecular weight is 775 g/mol. The fourth-order valence-electron chi connectivity index (χ4n) is 7.54. The average Bonchev–Trinajstić information content (AvgIpc) is 4.12. The molecule has 2 saturated carbocycles. The number of carbonyl (C=O) groups excluding carboxylic acids is 1. The van der Waals surface area contributed by atoms with Crippen LogP contribution in [0.5, 0.6) is 11.5 Å². The van der Waals surface area contributed by atoms with Gasteiger partial charge in [-0.25, -0.2) is 4.79 Å². The summed E-state index contributed by atoms with van der Waals surface area (Å²) in [5.74, 6) is 2.82. The first-order chi connectivity index (χ1) is 27.2. The lowest BCUT2D eigenvalue weighted by Crippen LogP contribution is -2.42. The molecule has 3 N–H and O–H groups in total. The third kappa shape index (κ3) is 9.23. The van der Waals surface area contributed by atoms with Gasteiger partial charge in [-0.05, 0) is 106 Å². The number of rotatable bonds is 11. The maximum atomic E-state index is 12.9. The molecule has 2 fully saturated rings. The molecule has 0 radical (unpaired) electrons. The minimum absolute atomic E-state index is 0.0318. The molecule has 2 aliphatic rings. The van der Waals surface area contributed by atoms with Gasteiger partial charge in [0.15, 0.2) is 0 Å². The molecule has 0 aliphatic heterocycles. The zero-order valence-corrected chi connectivity index (χ0v) is 34.1. The molecule has 57 heavy (non-hydrogen) atoms. The minimum atomic E-state index is -0.547. The Morgan fingerprint density at radius 3 is 1.70 bits per heavy atom. The smallest absolute Gasteiger partial charge is 0.407 e. The lowest BCUT2D eigenvalue weighted by Gasteiger charge is -2.24. The highest BCUT2D eigenvalue weighted by atomic mass is 16.6. The van der Waals surface area contributed by atoms with Crippen LogP contribution in [-0.2, 0) is 18.8 Å². The number of carbonyl (C=O) groups is 1. The van der Waals surface area contributed by atoms with E-state index in [1.807, 2.05) is 83.1 Å². The molecular formula is C45H54N6O6. The Labute approximate surface area is 332 Å². The van der Waals surface area contributed by atoms with Crippen LogP contribution in [-0.4, -0.2) is 56.1 Å². The van der Waals surface area contributed by atoms with Gasteiger partial charge in [-0.3, -0.25) is 19.6 Å². The number of benzene rings is 2. The number of nitrogens with one attached hydrogen (secondary N) is 1. The van der Waals surface area contributed by atoms with Gasteiger partial charge >= 0.3 is 6.09 Å². The van der Waals surface area contributed by atoms with Crippen molar-refractivity contribution < 1.29 is 19.0 Å². The SMILES string of the molecule is Cc1nccc2c1c(=O)n(C)c1cc(OC[C@@H](N)CC3CC3)ccc21.Cc1nccc2c1c(=O)n(C)c1cc(OC[C@H](CC3CC3)NC(=O)OC(C)(C)C)ccc21. The van der Waals surface area contributed by atoms with Crippen molar-refractivity contribution in [3.63, 3.8) is 0 Å². The Morgan fingerprint density at radius 2 is 1.23 bits per heavy atom. The van der Waals surface area contributed by atoms with E-state index in [0.717, 1.165) is 68.5 Å². The zero-order valence-electron chi connectivity index (χ0n) is 34.1. The predicted molar refractivity (Wildman–Crippen MR) is 225 cm³/mol. The van der Waals surface area contributed by atoms with Gasteiger partial charge < -0.3 is 34.4 Å². The first kappa shape index (κ1) is 39.7. The Morgan fingerprint density at radius 1 is 0.754 bits per heavy atom. The fourth-order valence-corrected chi connectivity index (χ4v) is 7.54. The van der Waals surface area contributed by atoms with Crippen LogP contribution in [0.25, 0.3) is 43.4 Å². The number of hydrogen-bond donors (Lipinski definition) is 2. The second-order valence-corrected chi connectivity index (χ2v) is 16.8. The summed E-state index contributed by atoms with van der Waals surface area (Å²) in [7, 11) is 3.56. The van der Waals surface area contributed by atoms with Crippen LogP contribution in [0.15, 0.2) is 70.5 Å². The summed E-state index contributed by atoms with van der Waals surface area (Å²) in [5.41, 5.74) is 8.61. The number of ether oxygens (including phenoxy) is 3. The van der Waals surface area contributed by atoms with Crippen molar-refractivity contribution in [1.82, 2.24) is 24.4 Å². The van der Waals surface area contributed by atoms with Gasteiger partial charge in [0.25, 0.3) is 11.1 Å². The molecular weight excluding hydrogens is 721 g/mol. The summed E-state index contributed by atoms with van der Waals surface area (Å²) in [6, 6.07) is 15.4. The van der Waals surface area contributed by atoms with Crippen molar-refractivity contribution in [2.45, 2.75) is 90.8 Å².